The Balaban J connectivity index is 1.07. The number of alkyl carbamates (subject to hydrolysis) is 1. The Morgan fingerprint density at radius 2 is 1.13 bits per heavy atom. The number of halogens is 1. The van der Waals surface area contributed by atoms with Gasteiger partial charge in [0.25, 0.3) is 0 Å². The molecule has 5 aromatic carbocycles. The average Bonchev–Trinajstić information content (AvgIpc) is 3.67. The topological polar surface area (TPSA) is 84.9 Å². The minimum absolute atomic E-state index is 0.0763. The first-order chi connectivity index (χ1) is 32.8. The van der Waals surface area contributed by atoms with Gasteiger partial charge in [0.2, 0.25) is 5.91 Å². The second-order valence-electron chi connectivity index (χ2n) is 19.4. The normalized spacial score (nSPS) is 18.3. The van der Waals surface area contributed by atoms with E-state index in [0.29, 0.717) is 35.5 Å². The highest BCUT2D eigenvalue weighted by atomic mass is 35.5. The molecule has 8 rings (SSSR count). The monoisotopic (exact) mass is 920 g/mol. The predicted octanol–water partition coefficient (Wildman–Crippen LogP) is 14.3. The standard InChI is InChI=1S/C59H69ClN2O5/c1-43-37-39-62(40-38-43)57(64)55(61-58(65)66-42-52-50-29-19-17-27-48(50)49-28-18-20-30-51(49)52)41-56(63)67-59(46-25-15-12-16-26-46,53-31-21-22-32-54(53)60)47-35-33-45(34-36-47)44-23-13-10-8-6-4-2-3-5-7-9-11-14-24-44/h12,15-22,25-36,43-44,52,55H,2-11,13-14,23-24,37-42H2,1H3,(H,61,65)/t55-,59?/m0/s1. The van der Waals surface area contributed by atoms with Crippen molar-refractivity contribution >= 4 is 29.6 Å². The van der Waals surface area contributed by atoms with Crippen LogP contribution in [0.3, 0.4) is 0 Å². The summed E-state index contributed by atoms with van der Waals surface area (Å²) >= 11 is 7.13. The molecule has 67 heavy (non-hydrogen) atoms. The SMILES string of the molecule is CC1CCN(C(=O)[C@H](CC(=O)OC(c2ccccc2)(c2ccc(C3CCCCCCCCCCCCCC3)cc2)c2ccccc2Cl)NC(=O)OCC2c3ccccc3-c3ccccc32)CC1. The molecule has 352 valence electrons. The van der Waals surface area contributed by atoms with Crippen molar-refractivity contribution in [3.8, 4) is 11.1 Å². The molecular weight excluding hydrogens is 852 g/mol. The van der Waals surface area contributed by atoms with Gasteiger partial charge in [-0.2, -0.15) is 0 Å². The second kappa shape index (κ2) is 23.6. The summed E-state index contributed by atoms with van der Waals surface area (Å²) in [7, 11) is 0. The van der Waals surface area contributed by atoms with Crippen LogP contribution in [0.1, 0.15) is 161 Å². The number of ether oxygens (including phenoxy) is 2. The molecule has 2 amide bonds. The first-order valence-electron chi connectivity index (χ1n) is 25.3. The molecule has 8 heteroatoms. The summed E-state index contributed by atoms with van der Waals surface area (Å²) in [6, 6.07) is 41.0. The van der Waals surface area contributed by atoms with E-state index in [-0.39, 0.29) is 18.4 Å². The number of piperidine rings is 1. The quantitative estimate of drug-likeness (QED) is 0.105. The first-order valence-corrected chi connectivity index (χ1v) is 25.7. The Kier molecular flexibility index (Phi) is 16.9. The minimum atomic E-state index is -1.48. The van der Waals surface area contributed by atoms with E-state index in [4.69, 9.17) is 21.1 Å². The van der Waals surface area contributed by atoms with E-state index in [9.17, 15) is 14.4 Å². The van der Waals surface area contributed by atoms with Crippen LogP contribution in [0, 0.1) is 5.92 Å². The van der Waals surface area contributed by atoms with Crippen LogP contribution in [-0.4, -0.2) is 48.6 Å². The second-order valence-corrected chi connectivity index (χ2v) is 19.8. The summed E-state index contributed by atoms with van der Waals surface area (Å²) in [4.78, 5) is 45.0. The zero-order valence-electron chi connectivity index (χ0n) is 39.4. The molecule has 7 nitrogen and oxygen atoms in total. The number of fused-ring (bicyclic) bond motifs is 3. The predicted molar refractivity (Wildman–Crippen MR) is 269 cm³/mol. The third kappa shape index (κ3) is 11.8. The van der Waals surface area contributed by atoms with Crippen LogP contribution in [0.5, 0.6) is 0 Å². The highest BCUT2D eigenvalue weighted by Crippen LogP contribution is 2.46. The molecule has 5 aromatic rings. The molecule has 1 saturated heterocycles. The first kappa shape index (κ1) is 48.1. The molecule has 2 atom stereocenters. The Morgan fingerprint density at radius 1 is 0.627 bits per heavy atom. The van der Waals surface area contributed by atoms with Crippen LogP contribution in [0.25, 0.3) is 11.1 Å². The third-order valence-corrected chi connectivity index (χ3v) is 15.1. The largest absolute Gasteiger partial charge is 0.449 e. The van der Waals surface area contributed by atoms with E-state index >= 15 is 0 Å². The van der Waals surface area contributed by atoms with Gasteiger partial charge in [0.05, 0.1) is 6.42 Å². The lowest BCUT2D eigenvalue weighted by molar-refractivity contribution is -0.156. The van der Waals surface area contributed by atoms with Gasteiger partial charge in [0, 0.05) is 40.7 Å². The van der Waals surface area contributed by atoms with Crippen molar-refractivity contribution in [2.24, 2.45) is 5.92 Å². The van der Waals surface area contributed by atoms with E-state index in [1.807, 2.05) is 78.9 Å². The van der Waals surface area contributed by atoms with E-state index in [2.05, 4.69) is 60.8 Å². The van der Waals surface area contributed by atoms with Gasteiger partial charge in [-0.15, -0.1) is 0 Å². The lowest BCUT2D eigenvalue weighted by atomic mass is 9.78. The number of benzene rings is 5. The van der Waals surface area contributed by atoms with Gasteiger partial charge in [-0.3, -0.25) is 9.59 Å². The van der Waals surface area contributed by atoms with Crippen molar-refractivity contribution < 1.29 is 23.9 Å². The van der Waals surface area contributed by atoms with Crippen LogP contribution in [0.2, 0.25) is 5.02 Å². The van der Waals surface area contributed by atoms with Crippen molar-refractivity contribution in [2.75, 3.05) is 19.7 Å². The van der Waals surface area contributed by atoms with Crippen molar-refractivity contribution in [1.29, 1.82) is 0 Å². The van der Waals surface area contributed by atoms with Gasteiger partial charge in [-0.1, -0.05) is 217 Å². The third-order valence-electron chi connectivity index (χ3n) is 14.7. The van der Waals surface area contributed by atoms with Gasteiger partial charge in [-0.05, 0) is 71.4 Å². The number of rotatable bonds is 11. The fraction of sp³-hybridized carbons (Fsp3) is 0.441. The summed E-state index contributed by atoms with van der Waals surface area (Å²) < 4.78 is 12.8. The maximum atomic E-state index is 14.9. The lowest BCUT2D eigenvalue weighted by Gasteiger charge is -2.37. The molecule has 1 N–H and O–H groups in total. The molecule has 0 aromatic heterocycles. The number of nitrogens with one attached hydrogen (secondary N) is 1. The van der Waals surface area contributed by atoms with Crippen LogP contribution in [0.4, 0.5) is 4.79 Å². The van der Waals surface area contributed by atoms with Gasteiger partial charge in [0.1, 0.15) is 12.6 Å². The molecule has 1 unspecified atom stereocenters. The van der Waals surface area contributed by atoms with E-state index in [1.54, 1.807) is 4.90 Å². The number of hydrogen-bond donors (Lipinski definition) is 1. The number of carbonyl (C=O) groups is 3. The maximum Gasteiger partial charge on any atom is 0.407 e. The number of esters is 1. The summed E-state index contributed by atoms with van der Waals surface area (Å²) in [5.74, 6) is -0.226. The highest BCUT2D eigenvalue weighted by Gasteiger charge is 2.43. The van der Waals surface area contributed by atoms with Crippen molar-refractivity contribution in [3.05, 3.63) is 166 Å². The molecule has 0 radical (unpaired) electrons. The Morgan fingerprint density at radius 3 is 1.72 bits per heavy atom. The van der Waals surface area contributed by atoms with Crippen molar-refractivity contribution in [1.82, 2.24) is 10.2 Å². The average molecular weight is 922 g/mol. The highest BCUT2D eigenvalue weighted by molar-refractivity contribution is 6.31. The van der Waals surface area contributed by atoms with E-state index in [1.165, 1.54) is 82.6 Å². The zero-order valence-corrected chi connectivity index (χ0v) is 40.2. The summed E-state index contributed by atoms with van der Waals surface area (Å²) in [5, 5.41) is 3.29. The van der Waals surface area contributed by atoms with Gasteiger partial charge in [0.15, 0.2) is 5.60 Å². The lowest BCUT2D eigenvalue weighted by Crippen LogP contribution is -2.52. The van der Waals surface area contributed by atoms with Crippen LogP contribution in [0.15, 0.2) is 127 Å². The molecule has 1 heterocycles. The smallest absolute Gasteiger partial charge is 0.407 e. The van der Waals surface area contributed by atoms with E-state index < -0.39 is 30.1 Å². The van der Waals surface area contributed by atoms with Gasteiger partial charge < -0.3 is 19.7 Å². The molecular formula is C59H69ClN2O5. The molecule has 2 aliphatic carbocycles. The molecule has 0 bridgehead atoms. The van der Waals surface area contributed by atoms with Crippen LogP contribution < -0.4 is 5.32 Å². The Hall–Kier alpha value is -5.40. The molecule has 2 fully saturated rings. The van der Waals surface area contributed by atoms with E-state index in [0.717, 1.165) is 59.1 Å². The molecule has 0 spiro atoms. The number of likely N-dealkylation sites (tertiary alicyclic amines) is 1. The molecule has 3 aliphatic rings. The van der Waals surface area contributed by atoms with Gasteiger partial charge in [-0.25, -0.2) is 4.79 Å². The maximum absolute atomic E-state index is 14.9. The van der Waals surface area contributed by atoms with Crippen molar-refractivity contribution in [2.45, 2.75) is 140 Å². The minimum Gasteiger partial charge on any atom is -0.449 e. The fourth-order valence-corrected chi connectivity index (χ4v) is 11.2. The van der Waals surface area contributed by atoms with Crippen molar-refractivity contribution in [3.63, 3.8) is 0 Å². The Bertz CT molecular complexity index is 2330. The number of carbonyl (C=O) groups excluding carboxylic acids is 3. The van der Waals surface area contributed by atoms with Crippen LogP contribution in [-0.2, 0) is 24.7 Å². The summed E-state index contributed by atoms with van der Waals surface area (Å²) in [6.07, 6.45) is 18.5. The molecule has 1 aliphatic heterocycles. The zero-order chi connectivity index (χ0) is 46.4. The summed E-state index contributed by atoms with van der Waals surface area (Å²) in [6.45, 7) is 3.34. The van der Waals surface area contributed by atoms with Crippen LogP contribution >= 0.6 is 11.6 Å². The number of nitrogens with zero attached hydrogens (tertiary/aromatic N) is 1. The fourth-order valence-electron chi connectivity index (χ4n) is 10.9. The van der Waals surface area contributed by atoms with Gasteiger partial charge >= 0.3 is 12.1 Å². The Labute approximate surface area is 404 Å². The summed E-state index contributed by atoms with van der Waals surface area (Å²) in [5.41, 5.74) is 6.31. The number of amides is 2. The molecule has 1 saturated carbocycles. The number of hydrogen-bond acceptors (Lipinski definition) is 5.